The van der Waals surface area contributed by atoms with Crippen LogP contribution in [-0.2, 0) is 14.2 Å². The normalized spacial score (nSPS) is 38.8. The minimum atomic E-state index is -0.0493. The molecule has 2 rings (SSSR count). The Hall–Kier alpha value is -0.120. The Bertz CT molecular complexity index is 233. The van der Waals surface area contributed by atoms with E-state index in [4.69, 9.17) is 14.2 Å². The Balaban J connectivity index is 2.00. The third-order valence-corrected chi connectivity index (χ3v) is 3.57. The van der Waals surface area contributed by atoms with Gasteiger partial charge in [-0.2, -0.15) is 0 Å². The number of ether oxygens (including phenoxy) is 3. The molecule has 16 heavy (non-hydrogen) atoms. The molecule has 2 fully saturated rings. The summed E-state index contributed by atoms with van der Waals surface area (Å²) in [6, 6.07) is 0. The molecule has 1 spiro atoms. The van der Waals surface area contributed by atoms with Gasteiger partial charge in [-0.05, 0) is 20.3 Å². The first kappa shape index (κ1) is 12.3. The van der Waals surface area contributed by atoms with Crippen LogP contribution in [0.3, 0.4) is 0 Å². The van der Waals surface area contributed by atoms with Crippen LogP contribution >= 0.6 is 0 Å². The summed E-state index contributed by atoms with van der Waals surface area (Å²) < 4.78 is 17.6. The van der Waals surface area contributed by atoms with Crippen molar-refractivity contribution >= 4 is 0 Å². The summed E-state index contributed by atoms with van der Waals surface area (Å²) in [7, 11) is 0. The molecule has 2 saturated heterocycles. The predicted molar refractivity (Wildman–Crippen MR) is 62.3 cm³/mol. The van der Waals surface area contributed by atoms with E-state index in [0.29, 0.717) is 0 Å². The van der Waals surface area contributed by atoms with Gasteiger partial charge in [-0.1, -0.05) is 13.3 Å². The second kappa shape index (κ2) is 4.63. The zero-order chi connectivity index (χ0) is 11.6. The summed E-state index contributed by atoms with van der Waals surface area (Å²) in [6.07, 6.45) is 5.14. The second-order valence-corrected chi connectivity index (χ2v) is 5.67. The van der Waals surface area contributed by atoms with E-state index in [-0.39, 0.29) is 17.5 Å². The first-order valence-electron chi connectivity index (χ1n) is 6.49. The molecular formula is C13H24O3. The van der Waals surface area contributed by atoms with Crippen molar-refractivity contribution in [2.24, 2.45) is 0 Å². The molecule has 0 N–H and O–H groups in total. The van der Waals surface area contributed by atoms with Crippen molar-refractivity contribution in [3.05, 3.63) is 0 Å². The molecule has 2 aliphatic heterocycles. The molecule has 0 bridgehead atoms. The molecule has 2 heterocycles. The van der Waals surface area contributed by atoms with E-state index >= 15 is 0 Å². The number of rotatable bonds is 2. The lowest BCUT2D eigenvalue weighted by Gasteiger charge is -2.48. The van der Waals surface area contributed by atoms with Crippen molar-refractivity contribution in [2.45, 2.75) is 70.4 Å². The van der Waals surface area contributed by atoms with Gasteiger partial charge in [0.25, 0.3) is 0 Å². The molecule has 0 radical (unpaired) electrons. The van der Waals surface area contributed by atoms with Crippen LogP contribution in [-0.4, -0.2) is 30.7 Å². The van der Waals surface area contributed by atoms with Crippen molar-refractivity contribution in [1.29, 1.82) is 0 Å². The van der Waals surface area contributed by atoms with E-state index in [0.717, 1.165) is 45.3 Å². The van der Waals surface area contributed by atoms with Gasteiger partial charge >= 0.3 is 0 Å². The van der Waals surface area contributed by atoms with Crippen LogP contribution < -0.4 is 0 Å². The molecule has 0 aromatic rings. The van der Waals surface area contributed by atoms with Crippen LogP contribution in [0.2, 0.25) is 0 Å². The molecule has 0 aromatic heterocycles. The lowest BCUT2D eigenvalue weighted by molar-refractivity contribution is -0.290. The second-order valence-electron chi connectivity index (χ2n) is 5.67. The van der Waals surface area contributed by atoms with Crippen molar-refractivity contribution < 1.29 is 14.2 Å². The zero-order valence-electron chi connectivity index (χ0n) is 10.8. The predicted octanol–water partition coefficient (Wildman–Crippen LogP) is 2.88. The Morgan fingerprint density at radius 3 is 2.62 bits per heavy atom. The highest BCUT2D eigenvalue weighted by molar-refractivity contribution is 4.93. The smallest absolute Gasteiger partial charge is 0.158 e. The molecule has 0 saturated carbocycles. The van der Waals surface area contributed by atoms with Gasteiger partial charge in [0.2, 0.25) is 0 Å². The van der Waals surface area contributed by atoms with E-state index in [1.165, 1.54) is 0 Å². The maximum atomic E-state index is 6.19. The highest BCUT2D eigenvalue weighted by Crippen LogP contribution is 2.40. The van der Waals surface area contributed by atoms with Crippen molar-refractivity contribution in [3.8, 4) is 0 Å². The Morgan fingerprint density at radius 2 is 1.94 bits per heavy atom. The molecule has 94 valence electrons. The SMILES string of the molecule is CCC[C@@H]1OCC[C@@]2(CCOC(C)(C)C2)O1. The van der Waals surface area contributed by atoms with E-state index in [1.807, 2.05) is 0 Å². The average molecular weight is 228 g/mol. The Morgan fingerprint density at radius 1 is 1.19 bits per heavy atom. The highest BCUT2D eigenvalue weighted by Gasteiger charge is 2.45. The van der Waals surface area contributed by atoms with E-state index in [1.54, 1.807) is 0 Å². The monoisotopic (exact) mass is 228 g/mol. The fourth-order valence-electron chi connectivity index (χ4n) is 2.87. The summed E-state index contributed by atoms with van der Waals surface area (Å²) in [5.41, 5.74) is -0.0355. The highest BCUT2D eigenvalue weighted by atomic mass is 16.7. The largest absolute Gasteiger partial charge is 0.375 e. The molecule has 0 amide bonds. The van der Waals surface area contributed by atoms with Crippen LogP contribution in [0.1, 0.15) is 52.9 Å². The van der Waals surface area contributed by atoms with Crippen molar-refractivity contribution in [3.63, 3.8) is 0 Å². The summed E-state index contributed by atoms with van der Waals surface area (Å²) in [6.45, 7) is 8.12. The molecule has 2 atom stereocenters. The molecule has 0 aliphatic carbocycles. The third-order valence-electron chi connectivity index (χ3n) is 3.57. The number of hydrogen-bond donors (Lipinski definition) is 0. The van der Waals surface area contributed by atoms with Crippen LogP contribution in [0.5, 0.6) is 0 Å². The van der Waals surface area contributed by atoms with Crippen LogP contribution in [0.15, 0.2) is 0 Å². The maximum absolute atomic E-state index is 6.19. The van der Waals surface area contributed by atoms with E-state index < -0.39 is 0 Å². The standard InChI is InChI=1S/C13H24O3/c1-4-5-11-14-8-6-13(16-11)7-9-15-12(2,3)10-13/h11H,4-10H2,1-3H3/t11-,13+/m1/s1. The Labute approximate surface area is 98.4 Å². The fraction of sp³-hybridized carbons (Fsp3) is 1.00. The van der Waals surface area contributed by atoms with Gasteiger partial charge in [0, 0.05) is 19.3 Å². The minimum Gasteiger partial charge on any atom is -0.375 e. The fourth-order valence-corrected chi connectivity index (χ4v) is 2.87. The summed E-state index contributed by atoms with van der Waals surface area (Å²) in [5.74, 6) is 0. The molecular weight excluding hydrogens is 204 g/mol. The first-order chi connectivity index (χ1) is 7.55. The van der Waals surface area contributed by atoms with Crippen LogP contribution in [0.4, 0.5) is 0 Å². The molecule has 2 aliphatic rings. The van der Waals surface area contributed by atoms with E-state index in [2.05, 4.69) is 20.8 Å². The first-order valence-corrected chi connectivity index (χ1v) is 6.49. The van der Waals surface area contributed by atoms with Gasteiger partial charge in [0.05, 0.1) is 24.4 Å². The van der Waals surface area contributed by atoms with Crippen molar-refractivity contribution in [1.82, 2.24) is 0 Å². The topological polar surface area (TPSA) is 27.7 Å². The van der Waals surface area contributed by atoms with Crippen molar-refractivity contribution in [2.75, 3.05) is 13.2 Å². The van der Waals surface area contributed by atoms with Gasteiger partial charge in [-0.25, -0.2) is 0 Å². The van der Waals surface area contributed by atoms with Gasteiger partial charge in [0.15, 0.2) is 6.29 Å². The molecule has 0 unspecified atom stereocenters. The van der Waals surface area contributed by atoms with Crippen LogP contribution in [0, 0.1) is 0 Å². The zero-order valence-corrected chi connectivity index (χ0v) is 10.8. The Kier molecular flexibility index (Phi) is 3.57. The average Bonchev–Trinajstić information content (AvgIpc) is 2.16. The van der Waals surface area contributed by atoms with Gasteiger partial charge in [-0.15, -0.1) is 0 Å². The summed E-state index contributed by atoms with van der Waals surface area (Å²) >= 11 is 0. The summed E-state index contributed by atoms with van der Waals surface area (Å²) in [5, 5.41) is 0. The van der Waals surface area contributed by atoms with Gasteiger partial charge < -0.3 is 14.2 Å². The third kappa shape index (κ3) is 2.76. The quantitative estimate of drug-likeness (QED) is 0.727. The number of hydrogen-bond acceptors (Lipinski definition) is 3. The molecule has 0 aromatic carbocycles. The molecule has 3 nitrogen and oxygen atoms in total. The maximum Gasteiger partial charge on any atom is 0.158 e. The van der Waals surface area contributed by atoms with Gasteiger partial charge in [0.1, 0.15) is 0 Å². The minimum absolute atomic E-state index is 0.00708. The summed E-state index contributed by atoms with van der Waals surface area (Å²) in [4.78, 5) is 0. The van der Waals surface area contributed by atoms with Crippen LogP contribution in [0.25, 0.3) is 0 Å². The lowest BCUT2D eigenvalue weighted by atomic mass is 9.81. The van der Waals surface area contributed by atoms with Gasteiger partial charge in [-0.3, -0.25) is 0 Å². The van der Waals surface area contributed by atoms with E-state index in [9.17, 15) is 0 Å². The lowest BCUT2D eigenvalue weighted by Crippen LogP contribution is -2.52. The molecule has 3 heteroatoms.